The number of carbonyl (C=O) groups is 1. The fraction of sp³-hybridized carbons (Fsp3) is 0.235. The van der Waals surface area contributed by atoms with Crippen LogP contribution in [0.15, 0.2) is 42.5 Å². The van der Waals surface area contributed by atoms with Gasteiger partial charge in [-0.3, -0.25) is 4.79 Å². The minimum Gasteiger partial charge on any atom is -0.490 e. The fourth-order valence-corrected chi connectivity index (χ4v) is 2.15. The fourth-order valence-electron chi connectivity index (χ4n) is 2.15. The van der Waals surface area contributed by atoms with E-state index in [2.05, 4.69) is 5.32 Å². The van der Waals surface area contributed by atoms with Gasteiger partial charge in [-0.25, -0.2) is 0 Å². The van der Waals surface area contributed by atoms with Crippen molar-refractivity contribution in [3.63, 3.8) is 0 Å². The average Bonchev–Trinajstić information content (AvgIpc) is 2.72. The molecule has 0 saturated carbocycles. The highest BCUT2D eigenvalue weighted by molar-refractivity contribution is 6.04. The molecule has 1 aliphatic heterocycles. The Kier molecular flexibility index (Phi) is 3.77. The highest BCUT2D eigenvalue weighted by Crippen LogP contribution is 2.32. The Morgan fingerprint density at radius 1 is 1.00 bits per heavy atom. The Hall–Kier alpha value is -2.49. The number of hydrogen-bond acceptors (Lipinski definition) is 3. The number of benzene rings is 2. The van der Waals surface area contributed by atoms with E-state index < -0.39 is 0 Å². The molecule has 2 aromatic rings. The maximum atomic E-state index is 12.2. The number of rotatable bonds is 2. The van der Waals surface area contributed by atoms with Crippen molar-refractivity contribution < 1.29 is 14.3 Å². The maximum Gasteiger partial charge on any atom is 0.255 e. The Bertz CT molecular complexity index is 650. The third-order valence-corrected chi connectivity index (χ3v) is 3.32. The summed E-state index contributed by atoms with van der Waals surface area (Å²) in [6.07, 6.45) is 0.861. The number of aryl methyl sites for hydroxylation is 1. The molecule has 1 N–H and O–H groups in total. The SMILES string of the molecule is Cc1ccc(C(=O)Nc2ccc3c(c2)OCCCO3)cc1. The summed E-state index contributed by atoms with van der Waals surface area (Å²) in [5.74, 6) is 1.26. The van der Waals surface area contributed by atoms with Crippen LogP contribution in [-0.2, 0) is 0 Å². The summed E-state index contributed by atoms with van der Waals surface area (Å²) in [5.41, 5.74) is 2.46. The summed E-state index contributed by atoms with van der Waals surface area (Å²) in [4.78, 5) is 12.2. The Labute approximate surface area is 123 Å². The number of nitrogens with one attached hydrogen (secondary N) is 1. The van der Waals surface area contributed by atoms with Gasteiger partial charge in [-0.15, -0.1) is 0 Å². The Morgan fingerprint density at radius 2 is 1.71 bits per heavy atom. The molecule has 0 aromatic heterocycles. The molecular weight excluding hydrogens is 266 g/mol. The van der Waals surface area contributed by atoms with Gasteiger partial charge in [0.15, 0.2) is 11.5 Å². The monoisotopic (exact) mass is 283 g/mol. The normalized spacial score (nSPS) is 13.4. The van der Waals surface area contributed by atoms with Gasteiger partial charge in [-0.05, 0) is 31.2 Å². The first-order valence-electron chi connectivity index (χ1n) is 7.00. The van der Waals surface area contributed by atoms with Crippen LogP contribution in [-0.4, -0.2) is 19.1 Å². The lowest BCUT2D eigenvalue weighted by Crippen LogP contribution is -2.11. The highest BCUT2D eigenvalue weighted by Gasteiger charge is 2.12. The van der Waals surface area contributed by atoms with Crippen LogP contribution in [0.4, 0.5) is 5.69 Å². The van der Waals surface area contributed by atoms with E-state index >= 15 is 0 Å². The average molecular weight is 283 g/mol. The molecule has 2 aromatic carbocycles. The molecular formula is C17H17NO3. The van der Waals surface area contributed by atoms with Crippen molar-refractivity contribution in [2.45, 2.75) is 13.3 Å². The van der Waals surface area contributed by atoms with Crippen molar-refractivity contribution in [1.29, 1.82) is 0 Å². The summed E-state index contributed by atoms with van der Waals surface area (Å²) in [7, 11) is 0. The zero-order valence-electron chi connectivity index (χ0n) is 11.9. The first kappa shape index (κ1) is 13.5. The van der Waals surface area contributed by atoms with Crippen molar-refractivity contribution >= 4 is 11.6 Å². The van der Waals surface area contributed by atoms with Crippen molar-refractivity contribution in [2.75, 3.05) is 18.5 Å². The molecule has 0 bridgehead atoms. The predicted molar refractivity (Wildman–Crippen MR) is 81.2 cm³/mol. The van der Waals surface area contributed by atoms with E-state index in [4.69, 9.17) is 9.47 Å². The van der Waals surface area contributed by atoms with E-state index in [-0.39, 0.29) is 5.91 Å². The molecule has 4 heteroatoms. The lowest BCUT2D eigenvalue weighted by molar-refractivity contribution is 0.102. The van der Waals surface area contributed by atoms with Crippen LogP contribution in [0.3, 0.4) is 0 Å². The Balaban J connectivity index is 1.77. The summed E-state index contributed by atoms with van der Waals surface area (Å²) < 4.78 is 11.2. The molecule has 1 heterocycles. The molecule has 0 atom stereocenters. The number of ether oxygens (including phenoxy) is 2. The smallest absolute Gasteiger partial charge is 0.255 e. The molecule has 4 nitrogen and oxygen atoms in total. The van der Waals surface area contributed by atoms with Crippen LogP contribution >= 0.6 is 0 Å². The van der Waals surface area contributed by atoms with Gasteiger partial charge in [-0.1, -0.05) is 17.7 Å². The topological polar surface area (TPSA) is 47.6 Å². The van der Waals surface area contributed by atoms with E-state index in [0.29, 0.717) is 30.2 Å². The molecule has 0 saturated heterocycles. The number of fused-ring (bicyclic) bond motifs is 1. The first-order chi connectivity index (χ1) is 10.2. The molecule has 0 unspecified atom stereocenters. The zero-order chi connectivity index (χ0) is 14.7. The van der Waals surface area contributed by atoms with Crippen LogP contribution in [0.2, 0.25) is 0 Å². The molecule has 21 heavy (non-hydrogen) atoms. The van der Waals surface area contributed by atoms with Gasteiger partial charge >= 0.3 is 0 Å². The third kappa shape index (κ3) is 3.16. The quantitative estimate of drug-likeness (QED) is 0.918. The van der Waals surface area contributed by atoms with Crippen LogP contribution in [0.25, 0.3) is 0 Å². The summed E-state index contributed by atoms with van der Waals surface area (Å²) in [5, 5.41) is 2.87. The number of amides is 1. The molecule has 0 radical (unpaired) electrons. The van der Waals surface area contributed by atoms with Gasteiger partial charge in [0.25, 0.3) is 5.91 Å². The molecule has 0 fully saturated rings. The van der Waals surface area contributed by atoms with E-state index in [1.165, 1.54) is 0 Å². The second-order valence-corrected chi connectivity index (χ2v) is 5.03. The van der Waals surface area contributed by atoms with Crippen molar-refractivity contribution in [1.82, 2.24) is 0 Å². The second-order valence-electron chi connectivity index (χ2n) is 5.03. The van der Waals surface area contributed by atoms with Crippen LogP contribution in [0.1, 0.15) is 22.3 Å². The lowest BCUT2D eigenvalue weighted by atomic mass is 10.1. The molecule has 3 rings (SSSR count). The molecule has 108 valence electrons. The van der Waals surface area contributed by atoms with Crippen molar-refractivity contribution in [2.24, 2.45) is 0 Å². The van der Waals surface area contributed by atoms with Gasteiger partial charge in [0.05, 0.1) is 13.2 Å². The molecule has 1 amide bonds. The molecule has 1 aliphatic rings. The van der Waals surface area contributed by atoms with Crippen molar-refractivity contribution in [3.8, 4) is 11.5 Å². The van der Waals surface area contributed by atoms with E-state index in [1.807, 2.05) is 43.3 Å². The zero-order valence-corrected chi connectivity index (χ0v) is 11.9. The molecule has 0 aliphatic carbocycles. The highest BCUT2D eigenvalue weighted by atomic mass is 16.5. The van der Waals surface area contributed by atoms with E-state index in [1.54, 1.807) is 6.07 Å². The summed E-state index contributed by atoms with van der Waals surface area (Å²) >= 11 is 0. The van der Waals surface area contributed by atoms with Crippen LogP contribution in [0, 0.1) is 6.92 Å². The summed E-state index contributed by atoms with van der Waals surface area (Å²) in [6.45, 7) is 3.27. The second kappa shape index (κ2) is 5.87. The lowest BCUT2D eigenvalue weighted by Gasteiger charge is -2.10. The number of carbonyl (C=O) groups excluding carboxylic acids is 1. The van der Waals surface area contributed by atoms with Crippen molar-refractivity contribution in [3.05, 3.63) is 53.6 Å². The Morgan fingerprint density at radius 3 is 2.48 bits per heavy atom. The first-order valence-corrected chi connectivity index (χ1v) is 7.00. The number of hydrogen-bond donors (Lipinski definition) is 1. The standard InChI is InChI=1S/C17H17NO3/c1-12-3-5-13(6-4-12)17(19)18-14-7-8-15-16(11-14)21-10-2-9-20-15/h3-8,11H,2,9-10H2,1H3,(H,18,19). The largest absolute Gasteiger partial charge is 0.490 e. The minimum absolute atomic E-state index is 0.135. The van der Waals surface area contributed by atoms with Gasteiger partial charge in [0, 0.05) is 23.7 Å². The van der Waals surface area contributed by atoms with E-state index in [0.717, 1.165) is 17.7 Å². The maximum absolute atomic E-state index is 12.2. The molecule has 0 spiro atoms. The van der Waals surface area contributed by atoms with E-state index in [9.17, 15) is 4.79 Å². The van der Waals surface area contributed by atoms with Crippen LogP contribution < -0.4 is 14.8 Å². The van der Waals surface area contributed by atoms with Gasteiger partial charge in [0.1, 0.15) is 0 Å². The van der Waals surface area contributed by atoms with Gasteiger partial charge < -0.3 is 14.8 Å². The predicted octanol–water partition coefficient (Wildman–Crippen LogP) is 3.41. The number of anilines is 1. The van der Waals surface area contributed by atoms with Gasteiger partial charge in [0.2, 0.25) is 0 Å². The van der Waals surface area contributed by atoms with Crippen LogP contribution in [0.5, 0.6) is 11.5 Å². The van der Waals surface area contributed by atoms with Gasteiger partial charge in [-0.2, -0.15) is 0 Å². The minimum atomic E-state index is -0.135. The third-order valence-electron chi connectivity index (χ3n) is 3.32. The summed E-state index contributed by atoms with van der Waals surface area (Å²) in [6, 6.07) is 12.9.